The lowest BCUT2D eigenvalue weighted by Gasteiger charge is -2.32. The average Bonchev–Trinajstić information content (AvgIpc) is 3.26. The van der Waals surface area contributed by atoms with E-state index in [2.05, 4.69) is 10.2 Å². The van der Waals surface area contributed by atoms with Crippen molar-refractivity contribution in [1.29, 1.82) is 0 Å². The third-order valence-electron chi connectivity index (χ3n) is 6.00. The fourth-order valence-corrected chi connectivity index (χ4v) is 4.46. The third-order valence-corrected chi connectivity index (χ3v) is 6.34. The van der Waals surface area contributed by atoms with E-state index in [0.29, 0.717) is 17.3 Å². The molecule has 0 aliphatic carbocycles. The van der Waals surface area contributed by atoms with Crippen LogP contribution in [0.2, 0.25) is 0 Å². The lowest BCUT2D eigenvalue weighted by Crippen LogP contribution is -2.41. The predicted molar refractivity (Wildman–Crippen MR) is 131 cm³/mol. The summed E-state index contributed by atoms with van der Waals surface area (Å²) in [6, 6.07) is 14.6. The van der Waals surface area contributed by atoms with Crippen LogP contribution in [0.15, 0.2) is 59.0 Å². The highest BCUT2D eigenvalue weighted by atomic mass is 32.1. The molecule has 2 aromatic carbocycles. The van der Waals surface area contributed by atoms with Crippen molar-refractivity contribution < 1.29 is 22.3 Å². The molecule has 4 rings (SSSR count). The molecule has 1 aliphatic heterocycles. The first-order valence-electron chi connectivity index (χ1n) is 11.3. The number of nitrogens with one attached hydrogen (secondary N) is 1. The van der Waals surface area contributed by atoms with Crippen molar-refractivity contribution in [3.8, 4) is 0 Å². The van der Waals surface area contributed by atoms with Crippen molar-refractivity contribution >= 4 is 34.0 Å². The first kappa shape index (κ1) is 24.5. The van der Waals surface area contributed by atoms with Crippen LogP contribution in [-0.4, -0.2) is 54.3 Å². The molecule has 0 amide bonds. The number of benzene rings is 2. The Balaban J connectivity index is 1.51. The molecule has 1 saturated heterocycles. The Morgan fingerprint density at radius 3 is 2.62 bits per heavy atom. The third kappa shape index (κ3) is 6.08. The maximum Gasteiger partial charge on any atom is 0.416 e. The van der Waals surface area contributed by atoms with E-state index < -0.39 is 11.7 Å². The molecule has 34 heavy (non-hydrogen) atoms. The Hall–Kier alpha value is -2.62. The molecule has 0 spiro atoms. The topological polar surface area (TPSA) is 40.9 Å². The Labute approximate surface area is 202 Å². The highest BCUT2D eigenvalue weighted by Gasteiger charge is 2.30. The maximum atomic E-state index is 13.2. The minimum absolute atomic E-state index is 0.206. The first-order valence-corrected chi connectivity index (χ1v) is 11.8. The number of alkyl halides is 3. The zero-order valence-electron chi connectivity index (χ0n) is 19.0. The van der Waals surface area contributed by atoms with Crippen molar-refractivity contribution in [3.05, 3.63) is 65.9 Å². The number of morpholine rings is 1. The van der Waals surface area contributed by atoms with Crippen LogP contribution in [0, 0.1) is 0 Å². The number of furan rings is 1. The number of ether oxygens (including phenoxy) is 1. The summed E-state index contributed by atoms with van der Waals surface area (Å²) in [4.78, 5) is 4.32. The number of para-hydroxylation sites is 1. The predicted octanol–water partition coefficient (Wildman–Crippen LogP) is 5.93. The van der Waals surface area contributed by atoms with Crippen LogP contribution in [0.5, 0.6) is 0 Å². The Bertz CT molecular complexity index is 1080. The van der Waals surface area contributed by atoms with Gasteiger partial charge in [-0.05, 0) is 55.9 Å². The van der Waals surface area contributed by atoms with Crippen molar-refractivity contribution in [2.45, 2.75) is 25.6 Å². The second kappa shape index (κ2) is 10.8. The van der Waals surface area contributed by atoms with Gasteiger partial charge in [-0.2, -0.15) is 13.2 Å². The highest BCUT2D eigenvalue weighted by molar-refractivity contribution is 7.80. The molecule has 0 bridgehead atoms. The van der Waals surface area contributed by atoms with Crippen molar-refractivity contribution in [1.82, 2.24) is 9.80 Å². The number of thiocarbonyl (C=S) groups is 1. The van der Waals surface area contributed by atoms with Gasteiger partial charge in [0, 0.05) is 37.3 Å². The summed E-state index contributed by atoms with van der Waals surface area (Å²) in [6.45, 7) is 6.76. The summed E-state index contributed by atoms with van der Waals surface area (Å²) < 4.78 is 51.0. The Morgan fingerprint density at radius 1 is 1.12 bits per heavy atom. The standard InChI is InChI=1S/C25H28F3N3O2S/c1-18(23-16-19-6-2-3-9-22(19)33-23)31(11-5-10-30-12-14-32-15-13-30)24(34)29-21-8-4-7-20(17-21)25(26,27)28/h2-4,6-9,16-18H,5,10-15H2,1H3,(H,29,34)/t18-/m0/s1. The van der Waals surface area contributed by atoms with Crippen LogP contribution in [0.25, 0.3) is 11.0 Å². The SMILES string of the molecule is C[C@@H](c1cc2ccccc2o1)N(CCCN1CCOCC1)C(=S)Nc1cccc(C(F)(F)F)c1. The molecule has 3 aromatic rings. The molecule has 1 fully saturated rings. The summed E-state index contributed by atoms with van der Waals surface area (Å²) in [5.41, 5.74) is 0.369. The number of halogens is 3. The van der Waals surface area contributed by atoms with Crippen LogP contribution in [0.1, 0.15) is 30.7 Å². The van der Waals surface area contributed by atoms with Gasteiger partial charge in [-0.25, -0.2) is 0 Å². The monoisotopic (exact) mass is 491 g/mol. The normalized spacial score (nSPS) is 15.9. The van der Waals surface area contributed by atoms with Gasteiger partial charge in [0.25, 0.3) is 0 Å². The van der Waals surface area contributed by atoms with Crippen molar-refractivity contribution in [2.75, 3.05) is 44.7 Å². The smallest absolute Gasteiger partial charge is 0.416 e. The van der Waals surface area contributed by atoms with E-state index in [1.54, 1.807) is 6.07 Å². The van der Waals surface area contributed by atoms with Crippen molar-refractivity contribution in [3.63, 3.8) is 0 Å². The molecule has 1 N–H and O–H groups in total. The molecule has 0 saturated carbocycles. The molecular formula is C25H28F3N3O2S. The summed E-state index contributed by atoms with van der Waals surface area (Å²) in [5.74, 6) is 0.751. The molecule has 2 heterocycles. The summed E-state index contributed by atoms with van der Waals surface area (Å²) in [5, 5.41) is 4.36. The van der Waals surface area contributed by atoms with E-state index >= 15 is 0 Å². The summed E-state index contributed by atoms with van der Waals surface area (Å²) in [7, 11) is 0. The van der Waals surface area contributed by atoms with Crippen LogP contribution in [0.4, 0.5) is 18.9 Å². The van der Waals surface area contributed by atoms with Gasteiger partial charge in [0.05, 0.1) is 24.8 Å². The van der Waals surface area contributed by atoms with Crippen LogP contribution in [-0.2, 0) is 10.9 Å². The molecular weight excluding hydrogens is 463 g/mol. The zero-order chi connectivity index (χ0) is 24.1. The lowest BCUT2D eigenvalue weighted by atomic mass is 10.1. The van der Waals surface area contributed by atoms with Crippen LogP contribution in [0.3, 0.4) is 0 Å². The largest absolute Gasteiger partial charge is 0.459 e. The van der Waals surface area contributed by atoms with Crippen LogP contribution >= 0.6 is 12.2 Å². The Kier molecular flexibility index (Phi) is 7.75. The quantitative estimate of drug-likeness (QED) is 0.413. The van der Waals surface area contributed by atoms with Gasteiger partial charge in [-0.15, -0.1) is 0 Å². The van der Waals surface area contributed by atoms with E-state index in [0.717, 1.165) is 68.1 Å². The summed E-state index contributed by atoms with van der Waals surface area (Å²) >= 11 is 5.68. The van der Waals surface area contributed by atoms with Gasteiger partial charge in [0.15, 0.2) is 5.11 Å². The molecule has 5 nitrogen and oxygen atoms in total. The molecule has 182 valence electrons. The van der Waals surface area contributed by atoms with Gasteiger partial charge >= 0.3 is 6.18 Å². The Morgan fingerprint density at radius 2 is 1.88 bits per heavy atom. The molecule has 1 aromatic heterocycles. The molecule has 1 aliphatic rings. The first-order chi connectivity index (χ1) is 16.3. The molecule has 0 radical (unpaired) electrons. The number of fused-ring (bicyclic) bond motifs is 1. The van der Waals surface area contributed by atoms with E-state index in [4.69, 9.17) is 21.4 Å². The number of anilines is 1. The fraction of sp³-hybridized carbons (Fsp3) is 0.400. The number of nitrogens with zero attached hydrogens (tertiary/aromatic N) is 2. The van der Waals surface area contributed by atoms with Gasteiger partial charge in [0.1, 0.15) is 11.3 Å². The van der Waals surface area contributed by atoms with Crippen molar-refractivity contribution in [2.24, 2.45) is 0 Å². The molecule has 9 heteroatoms. The maximum absolute atomic E-state index is 13.2. The van der Waals surface area contributed by atoms with Crippen LogP contribution < -0.4 is 5.32 Å². The fourth-order valence-electron chi connectivity index (χ4n) is 4.09. The summed E-state index contributed by atoms with van der Waals surface area (Å²) in [6.07, 6.45) is -3.58. The minimum Gasteiger partial charge on any atom is -0.459 e. The zero-order valence-corrected chi connectivity index (χ0v) is 19.8. The van der Waals surface area contributed by atoms with Gasteiger partial charge in [-0.1, -0.05) is 24.3 Å². The number of hydrogen-bond acceptors (Lipinski definition) is 4. The van der Waals surface area contributed by atoms with Gasteiger partial charge < -0.3 is 19.4 Å². The minimum atomic E-state index is -4.42. The lowest BCUT2D eigenvalue weighted by molar-refractivity contribution is -0.137. The van der Waals surface area contributed by atoms with Gasteiger partial charge in [-0.3, -0.25) is 4.90 Å². The van der Waals surface area contributed by atoms with Gasteiger partial charge in [0.2, 0.25) is 0 Å². The van der Waals surface area contributed by atoms with E-state index in [9.17, 15) is 13.2 Å². The average molecular weight is 492 g/mol. The highest BCUT2D eigenvalue weighted by Crippen LogP contribution is 2.32. The second-order valence-corrected chi connectivity index (χ2v) is 8.76. The molecule has 1 atom stereocenters. The van der Waals surface area contributed by atoms with E-state index in [1.165, 1.54) is 6.07 Å². The molecule has 0 unspecified atom stereocenters. The number of rotatable bonds is 7. The van der Waals surface area contributed by atoms with E-state index in [1.807, 2.05) is 42.2 Å². The number of hydrogen-bond donors (Lipinski definition) is 1. The van der Waals surface area contributed by atoms with E-state index in [-0.39, 0.29) is 6.04 Å². The second-order valence-electron chi connectivity index (χ2n) is 8.37.